The van der Waals surface area contributed by atoms with Crippen LogP contribution in [0.4, 0.5) is 0 Å². The summed E-state index contributed by atoms with van der Waals surface area (Å²) >= 11 is 0. The van der Waals surface area contributed by atoms with Gasteiger partial charge in [-0.3, -0.25) is 14.5 Å². The van der Waals surface area contributed by atoms with Crippen LogP contribution in [-0.2, 0) is 14.3 Å². The van der Waals surface area contributed by atoms with Crippen molar-refractivity contribution in [2.75, 3.05) is 32.8 Å². The second-order valence-electron chi connectivity index (χ2n) is 4.84. The molecule has 118 valence electrons. The van der Waals surface area contributed by atoms with Gasteiger partial charge >= 0.3 is 5.97 Å². The average molecular weight is 308 g/mol. The van der Waals surface area contributed by atoms with Crippen LogP contribution in [0.1, 0.15) is 26.7 Å². The Hall–Kier alpha value is -0.850. The van der Waals surface area contributed by atoms with Gasteiger partial charge in [0.2, 0.25) is 5.91 Å². The molecule has 0 aromatic rings. The molecule has 1 fully saturated rings. The number of rotatable bonds is 6. The number of ether oxygens (including phenoxy) is 1. The average Bonchev–Trinajstić information content (AvgIpc) is 2.44. The summed E-state index contributed by atoms with van der Waals surface area (Å²) in [4.78, 5) is 25.6. The molecular weight excluding hydrogens is 282 g/mol. The quantitative estimate of drug-likeness (QED) is 0.682. The van der Waals surface area contributed by atoms with Gasteiger partial charge in [0, 0.05) is 19.6 Å². The van der Waals surface area contributed by atoms with Gasteiger partial charge in [0.1, 0.15) is 6.04 Å². The molecule has 1 aliphatic rings. The Morgan fingerprint density at radius 1 is 1.50 bits per heavy atom. The second-order valence-corrected chi connectivity index (χ2v) is 4.84. The van der Waals surface area contributed by atoms with Crippen molar-refractivity contribution >= 4 is 24.3 Å². The van der Waals surface area contributed by atoms with E-state index >= 15 is 0 Å². The van der Waals surface area contributed by atoms with Gasteiger partial charge in [-0.25, -0.2) is 0 Å². The van der Waals surface area contributed by atoms with Crippen LogP contribution < -0.4 is 11.1 Å². The maximum atomic E-state index is 11.9. The Bertz CT molecular complexity index is 315. The van der Waals surface area contributed by atoms with Gasteiger partial charge < -0.3 is 15.8 Å². The number of esters is 1. The van der Waals surface area contributed by atoms with Crippen molar-refractivity contribution in [1.82, 2.24) is 10.2 Å². The SMILES string of the molecule is CCOC(=O)C(C)N1CCCC(C(=O)NCCN)C1.Cl. The molecule has 2 unspecified atom stereocenters. The monoisotopic (exact) mass is 307 g/mol. The van der Waals surface area contributed by atoms with Crippen LogP contribution in [0.25, 0.3) is 0 Å². The zero-order chi connectivity index (χ0) is 14.3. The van der Waals surface area contributed by atoms with Crippen LogP contribution in [-0.4, -0.2) is 55.6 Å². The van der Waals surface area contributed by atoms with Gasteiger partial charge in [-0.15, -0.1) is 12.4 Å². The molecule has 2 atom stereocenters. The lowest BCUT2D eigenvalue weighted by atomic mass is 9.96. The summed E-state index contributed by atoms with van der Waals surface area (Å²) < 4.78 is 5.02. The highest BCUT2D eigenvalue weighted by molar-refractivity contribution is 5.85. The normalized spacial score (nSPS) is 20.6. The molecule has 0 aromatic carbocycles. The minimum Gasteiger partial charge on any atom is -0.465 e. The highest BCUT2D eigenvalue weighted by atomic mass is 35.5. The Morgan fingerprint density at radius 2 is 2.20 bits per heavy atom. The number of nitrogens with two attached hydrogens (primary N) is 1. The van der Waals surface area contributed by atoms with Gasteiger partial charge in [0.25, 0.3) is 0 Å². The molecule has 0 saturated carbocycles. The molecule has 1 aliphatic heterocycles. The van der Waals surface area contributed by atoms with Crippen molar-refractivity contribution in [3.05, 3.63) is 0 Å². The molecule has 1 heterocycles. The third kappa shape index (κ3) is 5.64. The molecule has 1 saturated heterocycles. The van der Waals surface area contributed by atoms with Crippen LogP contribution in [0.5, 0.6) is 0 Å². The first-order valence-electron chi connectivity index (χ1n) is 6.98. The van der Waals surface area contributed by atoms with Crippen LogP contribution in [0.15, 0.2) is 0 Å². The third-order valence-corrected chi connectivity index (χ3v) is 3.44. The fourth-order valence-corrected chi connectivity index (χ4v) is 2.32. The van der Waals surface area contributed by atoms with Crippen molar-refractivity contribution in [1.29, 1.82) is 0 Å². The van der Waals surface area contributed by atoms with Gasteiger partial charge in [0.05, 0.1) is 12.5 Å². The van der Waals surface area contributed by atoms with Gasteiger partial charge in [0.15, 0.2) is 0 Å². The van der Waals surface area contributed by atoms with Crippen molar-refractivity contribution in [3.8, 4) is 0 Å². The van der Waals surface area contributed by atoms with Gasteiger partial charge in [-0.05, 0) is 33.2 Å². The molecule has 3 N–H and O–H groups in total. The molecular formula is C13H26ClN3O3. The summed E-state index contributed by atoms with van der Waals surface area (Å²) in [6.45, 7) is 6.40. The lowest BCUT2D eigenvalue weighted by Crippen LogP contribution is -2.49. The van der Waals surface area contributed by atoms with Gasteiger partial charge in [-0.2, -0.15) is 0 Å². The minimum absolute atomic E-state index is 0. The van der Waals surface area contributed by atoms with E-state index in [0.717, 1.165) is 19.4 Å². The summed E-state index contributed by atoms with van der Waals surface area (Å²) in [7, 11) is 0. The summed E-state index contributed by atoms with van der Waals surface area (Å²) in [5.74, 6) is -0.242. The summed E-state index contributed by atoms with van der Waals surface area (Å²) in [5.41, 5.74) is 5.37. The number of carbonyl (C=O) groups excluding carboxylic acids is 2. The molecule has 0 bridgehead atoms. The molecule has 20 heavy (non-hydrogen) atoms. The number of hydrogen-bond acceptors (Lipinski definition) is 5. The molecule has 6 nitrogen and oxygen atoms in total. The zero-order valence-corrected chi connectivity index (χ0v) is 13.1. The van der Waals surface area contributed by atoms with Gasteiger partial charge in [-0.1, -0.05) is 0 Å². The number of piperidine rings is 1. The third-order valence-electron chi connectivity index (χ3n) is 3.44. The summed E-state index contributed by atoms with van der Waals surface area (Å²) in [5, 5.41) is 2.81. The van der Waals surface area contributed by atoms with Crippen LogP contribution in [0.2, 0.25) is 0 Å². The number of nitrogens with one attached hydrogen (secondary N) is 1. The number of likely N-dealkylation sites (tertiary alicyclic amines) is 1. The minimum atomic E-state index is -0.287. The van der Waals surface area contributed by atoms with E-state index in [2.05, 4.69) is 5.32 Å². The van der Waals surface area contributed by atoms with Crippen LogP contribution >= 0.6 is 12.4 Å². The predicted molar refractivity (Wildman–Crippen MR) is 79.7 cm³/mol. The summed E-state index contributed by atoms with van der Waals surface area (Å²) in [6, 6.07) is -0.287. The van der Waals surface area contributed by atoms with Crippen molar-refractivity contribution in [2.45, 2.75) is 32.7 Å². The largest absolute Gasteiger partial charge is 0.465 e. The van der Waals surface area contributed by atoms with E-state index in [1.54, 1.807) is 6.92 Å². The van der Waals surface area contributed by atoms with Crippen LogP contribution in [0, 0.1) is 5.92 Å². The number of carbonyl (C=O) groups is 2. The molecule has 0 aromatic heterocycles. The maximum Gasteiger partial charge on any atom is 0.323 e. The highest BCUT2D eigenvalue weighted by Gasteiger charge is 2.31. The van der Waals surface area contributed by atoms with Crippen molar-refractivity contribution in [3.63, 3.8) is 0 Å². The molecule has 0 radical (unpaired) electrons. The molecule has 0 aliphatic carbocycles. The molecule has 1 rings (SSSR count). The van der Waals surface area contributed by atoms with Crippen molar-refractivity contribution in [2.24, 2.45) is 11.7 Å². The number of halogens is 1. The Morgan fingerprint density at radius 3 is 2.80 bits per heavy atom. The van der Waals surface area contributed by atoms with E-state index in [1.165, 1.54) is 0 Å². The maximum absolute atomic E-state index is 11.9. The van der Waals surface area contributed by atoms with E-state index in [-0.39, 0.29) is 36.2 Å². The smallest absolute Gasteiger partial charge is 0.323 e. The van der Waals surface area contributed by atoms with E-state index in [4.69, 9.17) is 10.5 Å². The van der Waals surface area contributed by atoms with E-state index in [0.29, 0.717) is 26.2 Å². The number of nitrogens with zero attached hydrogens (tertiary/aromatic N) is 1. The second kappa shape index (κ2) is 9.96. The highest BCUT2D eigenvalue weighted by Crippen LogP contribution is 2.19. The fraction of sp³-hybridized carbons (Fsp3) is 0.846. The lowest BCUT2D eigenvalue weighted by molar-refractivity contribution is -0.150. The molecule has 7 heteroatoms. The first-order valence-corrected chi connectivity index (χ1v) is 6.98. The number of amides is 1. The Labute approximate surface area is 126 Å². The van der Waals surface area contributed by atoms with E-state index < -0.39 is 0 Å². The fourth-order valence-electron chi connectivity index (χ4n) is 2.32. The predicted octanol–water partition coefficient (Wildman–Crippen LogP) is 0.147. The first-order chi connectivity index (χ1) is 9.10. The lowest BCUT2D eigenvalue weighted by Gasteiger charge is -2.34. The number of hydrogen-bond donors (Lipinski definition) is 2. The topological polar surface area (TPSA) is 84.7 Å². The molecule has 0 spiro atoms. The zero-order valence-electron chi connectivity index (χ0n) is 12.3. The van der Waals surface area contributed by atoms with Crippen molar-refractivity contribution < 1.29 is 14.3 Å². The Balaban J connectivity index is 0.00000361. The molecule has 1 amide bonds. The van der Waals surface area contributed by atoms with Crippen LogP contribution in [0.3, 0.4) is 0 Å². The Kier molecular flexibility index (Phi) is 9.54. The van der Waals surface area contributed by atoms with E-state index in [1.807, 2.05) is 11.8 Å². The first kappa shape index (κ1) is 19.1. The standard InChI is InChI=1S/C13H25N3O3.ClH/c1-3-19-13(18)10(2)16-8-4-5-11(9-16)12(17)15-7-6-14;/h10-11H,3-9,14H2,1-2H3,(H,15,17);1H. The van der Waals surface area contributed by atoms with E-state index in [9.17, 15) is 9.59 Å². The summed E-state index contributed by atoms with van der Waals surface area (Å²) in [6.07, 6.45) is 1.78.